The summed E-state index contributed by atoms with van der Waals surface area (Å²) in [6.07, 6.45) is 3.03. The Hall–Kier alpha value is -1.41. The highest BCUT2D eigenvalue weighted by molar-refractivity contribution is 7.89. The predicted molar refractivity (Wildman–Crippen MR) is 73.8 cm³/mol. The molecule has 0 unspecified atom stereocenters. The van der Waals surface area contributed by atoms with Crippen LogP contribution in [0.4, 0.5) is 0 Å². The van der Waals surface area contributed by atoms with Gasteiger partial charge in [-0.2, -0.15) is 4.72 Å². The van der Waals surface area contributed by atoms with Crippen molar-refractivity contribution in [2.45, 2.75) is 51.2 Å². The molecule has 8 heteroatoms. The van der Waals surface area contributed by atoms with E-state index in [1.54, 1.807) is 4.57 Å². The summed E-state index contributed by atoms with van der Waals surface area (Å²) < 4.78 is 28.1. The lowest BCUT2D eigenvalue weighted by atomic mass is 10.1. The van der Waals surface area contributed by atoms with Crippen LogP contribution in [0, 0.1) is 5.92 Å². The summed E-state index contributed by atoms with van der Waals surface area (Å²) in [7, 11) is -3.93. The van der Waals surface area contributed by atoms with E-state index in [1.807, 2.05) is 27.7 Å². The zero-order valence-electron chi connectivity index (χ0n) is 12.1. The molecule has 114 valence electrons. The van der Waals surface area contributed by atoms with Crippen LogP contribution >= 0.6 is 0 Å². The number of nitrogens with one attached hydrogen (secondary N) is 1. The first-order valence-electron chi connectivity index (χ1n) is 6.42. The number of hydrogen-bond donors (Lipinski definition) is 2. The van der Waals surface area contributed by atoms with Crippen molar-refractivity contribution >= 4 is 16.0 Å². The molecule has 0 fully saturated rings. The first-order chi connectivity index (χ1) is 9.13. The lowest BCUT2D eigenvalue weighted by Crippen LogP contribution is -2.41. The smallest absolute Gasteiger partial charge is 0.321 e. The Balaban J connectivity index is 2.94. The number of nitrogens with zero attached hydrogens (tertiary/aromatic N) is 2. The molecule has 0 saturated carbocycles. The maximum absolute atomic E-state index is 12.1. The molecule has 1 aromatic heterocycles. The standard InChI is InChI=1S/C12H21N3O4S/c1-8(2)5-10(12(16)17)14-20(18,19)11-6-15(7-13-11)9(3)4/h6-10,14H,5H2,1-4H3,(H,16,17)/t10-/m1/s1. The van der Waals surface area contributed by atoms with Gasteiger partial charge in [-0.25, -0.2) is 13.4 Å². The van der Waals surface area contributed by atoms with Crippen molar-refractivity contribution in [3.63, 3.8) is 0 Å². The van der Waals surface area contributed by atoms with Gasteiger partial charge in [-0.05, 0) is 26.2 Å². The maximum Gasteiger partial charge on any atom is 0.321 e. The lowest BCUT2D eigenvalue weighted by molar-refractivity contribution is -0.139. The van der Waals surface area contributed by atoms with E-state index in [4.69, 9.17) is 5.11 Å². The number of rotatable bonds is 7. The third-order valence-electron chi connectivity index (χ3n) is 2.75. The number of carboxylic acid groups (broad SMARTS) is 1. The molecular weight excluding hydrogens is 282 g/mol. The van der Waals surface area contributed by atoms with Gasteiger partial charge >= 0.3 is 5.97 Å². The highest BCUT2D eigenvalue weighted by atomic mass is 32.2. The monoisotopic (exact) mass is 303 g/mol. The summed E-state index contributed by atoms with van der Waals surface area (Å²) in [6, 6.07) is -1.07. The summed E-state index contributed by atoms with van der Waals surface area (Å²) in [5.74, 6) is -1.13. The van der Waals surface area contributed by atoms with Crippen LogP contribution < -0.4 is 4.72 Å². The zero-order chi connectivity index (χ0) is 15.5. The van der Waals surface area contributed by atoms with Crippen molar-refractivity contribution in [2.24, 2.45) is 5.92 Å². The van der Waals surface area contributed by atoms with Gasteiger partial charge in [0.15, 0.2) is 5.03 Å². The highest BCUT2D eigenvalue weighted by Gasteiger charge is 2.27. The van der Waals surface area contributed by atoms with Gasteiger partial charge < -0.3 is 9.67 Å². The topological polar surface area (TPSA) is 101 Å². The molecule has 2 N–H and O–H groups in total. The number of carbonyl (C=O) groups is 1. The Morgan fingerprint density at radius 3 is 2.40 bits per heavy atom. The van der Waals surface area contributed by atoms with E-state index in [0.717, 1.165) is 0 Å². The van der Waals surface area contributed by atoms with Crippen molar-refractivity contribution in [3.8, 4) is 0 Å². The highest BCUT2D eigenvalue weighted by Crippen LogP contribution is 2.13. The van der Waals surface area contributed by atoms with E-state index in [2.05, 4.69) is 9.71 Å². The fraction of sp³-hybridized carbons (Fsp3) is 0.667. The number of aromatic nitrogens is 2. The Labute approximate surface area is 119 Å². The van der Waals surface area contributed by atoms with Crippen LogP contribution in [0.3, 0.4) is 0 Å². The van der Waals surface area contributed by atoms with Gasteiger partial charge in [-0.15, -0.1) is 0 Å². The van der Waals surface area contributed by atoms with Crippen LogP contribution in [-0.4, -0.2) is 35.1 Å². The number of imidazole rings is 1. The van der Waals surface area contributed by atoms with Crippen LogP contribution in [-0.2, 0) is 14.8 Å². The molecule has 20 heavy (non-hydrogen) atoms. The summed E-state index contributed by atoms with van der Waals surface area (Å²) in [5.41, 5.74) is 0. The summed E-state index contributed by atoms with van der Waals surface area (Å²) >= 11 is 0. The van der Waals surface area contributed by atoms with E-state index < -0.39 is 22.0 Å². The van der Waals surface area contributed by atoms with Crippen LogP contribution in [0.25, 0.3) is 0 Å². The Morgan fingerprint density at radius 2 is 2.00 bits per heavy atom. The Morgan fingerprint density at radius 1 is 1.40 bits per heavy atom. The van der Waals surface area contributed by atoms with Gasteiger partial charge in [0.25, 0.3) is 10.0 Å². The average molecular weight is 303 g/mol. The third kappa shape index (κ3) is 4.31. The lowest BCUT2D eigenvalue weighted by Gasteiger charge is -2.15. The Kier molecular flexibility index (Phi) is 5.29. The van der Waals surface area contributed by atoms with Crippen molar-refractivity contribution in [1.82, 2.24) is 14.3 Å². The minimum Gasteiger partial charge on any atom is -0.480 e. The molecule has 1 rings (SSSR count). The molecule has 1 aromatic rings. The van der Waals surface area contributed by atoms with Gasteiger partial charge in [0.2, 0.25) is 0 Å². The molecule has 0 spiro atoms. The number of sulfonamides is 1. The summed E-state index contributed by atoms with van der Waals surface area (Å²) in [6.45, 7) is 7.45. The van der Waals surface area contributed by atoms with Crippen LogP contribution in [0.1, 0.15) is 40.2 Å². The SMILES string of the molecule is CC(C)C[C@@H](NS(=O)(=O)c1cn(C(C)C)cn1)C(=O)O. The van der Waals surface area contributed by atoms with Crippen molar-refractivity contribution in [3.05, 3.63) is 12.5 Å². The molecule has 7 nitrogen and oxygen atoms in total. The zero-order valence-corrected chi connectivity index (χ0v) is 12.9. The molecule has 1 atom stereocenters. The van der Waals surface area contributed by atoms with E-state index in [-0.39, 0.29) is 23.4 Å². The van der Waals surface area contributed by atoms with Crippen molar-refractivity contribution in [1.29, 1.82) is 0 Å². The molecule has 0 aliphatic carbocycles. The molecule has 0 amide bonds. The van der Waals surface area contributed by atoms with E-state index in [0.29, 0.717) is 0 Å². The number of hydrogen-bond acceptors (Lipinski definition) is 4. The average Bonchev–Trinajstić information content (AvgIpc) is 2.76. The molecule has 0 bridgehead atoms. The summed E-state index contributed by atoms with van der Waals surface area (Å²) in [4.78, 5) is 14.9. The van der Waals surface area contributed by atoms with Gasteiger partial charge in [0, 0.05) is 12.2 Å². The predicted octanol–water partition coefficient (Wildman–Crippen LogP) is 1.24. The molecule has 0 aliphatic rings. The van der Waals surface area contributed by atoms with E-state index in [1.165, 1.54) is 12.5 Å². The normalized spacial score (nSPS) is 13.9. The van der Waals surface area contributed by atoms with Gasteiger partial charge in [0.05, 0.1) is 6.33 Å². The molecular formula is C12H21N3O4S. The van der Waals surface area contributed by atoms with Gasteiger partial charge in [-0.1, -0.05) is 13.8 Å². The minimum atomic E-state index is -3.93. The second kappa shape index (κ2) is 6.36. The molecule has 1 heterocycles. The van der Waals surface area contributed by atoms with Gasteiger partial charge in [0.1, 0.15) is 6.04 Å². The van der Waals surface area contributed by atoms with Crippen molar-refractivity contribution < 1.29 is 18.3 Å². The first kappa shape index (κ1) is 16.6. The largest absolute Gasteiger partial charge is 0.480 e. The molecule has 0 radical (unpaired) electrons. The second-order valence-corrected chi connectivity index (χ2v) is 7.06. The van der Waals surface area contributed by atoms with Crippen LogP contribution in [0.2, 0.25) is 0 Å². The quantitative estimate of drug-likeness (QED) is 0.789. The Bertz CT molecular complexity index is 563. The first-order valence-corrected chi connectivity index (χ1v) is 7.90. The van der Waals surface area contributed by atoms with E-state index in [9.17, 15) is 13.2 Å². The van der Waals surface area contributed by atoms with Crippen LogP contribution in [0.5, 0.6) is 0 Å². The second-order valence-electron chi connectivity index (χ2n) is 5.39. The fourth-order valence-corrected chi connectivity index (χ4v) is 2.80. The van der Waals surface area contributed by atoms with E-state index >= 15 is 0 Å². The summed E-state index contributed by atoms with van der Waals surface area (Å²) in [5, 5.41) is 8.91. The van der Waals surface area contributed by atoms with Gasteiger partial charge in [-0.3, -0.25) is 4.79 Å². The van der Waals surface area contributed by atoms with Crippen molar-refractivity contribution in [2.75, 3.05) is 0 Å². The molecule has 0 aromatic carbocycles. The number of carboxylic acids is 1. The molecule has 0 saturated heterocycles. The number of aliphatic carboxylic acids is 1. The molecule has 0 aliphatic heterocycles. The minimum absolute atomic E-state index is 0.0621. The third-order valence-corrected chi connectivity index (χ3v) is 4.11. The fourth-order valence-electron chi connectivity index (χ4n) is 1.66. The van der Waals surface area contributed by atoms with Crippen LogP contribution in [0.15, 0.2) is 17.6 Å². The maximum atomic E-state index is 12.1.